The first kappa shape index (κ1) is 11.5. The first-order valence-corrected chi connectivity index (χ1v) is 4.59. The summed E-state index contributed by atoms with van der Waals surface area (Å²) >= 11 is 0. The van der Waals surface area contributed by atoms with Crippen LogP contribution in [0.3, 0.4) is 0 Å². The molecule has 0 bridgehead atoms. The number of hydrogen-bond acceptors (Lipinski definition) is 5. The molecule has 0 saturated heterocycles. The molecule has 1 aromatic rings. The van der Waals surface area contributed by atoms with Gasteiger partial charge in [0.05, 0.1) is 18.8 Å². The van der Waals surface area contributed by atoms with Gasteiger partial charge in [-0.1, -0.05) is 0 Å². The number of carbonyl (C=O) groups is 1. The molecule has 6 heteroatoms. The summed E-state index contributed by atoms with van der Waals surface area (Å²) < 4.78 is 11.2. The topological polar surface area (TPSA) is 79.4 Å². The summed E-state index contributed by atoms with van der Waals surface area (Å²) in [6, 6.07) is 0. The molecule has 1 rings (SSSR count). The fourth-order valence-corrected chi connectivity index (χ4v) is 1.23. The molecule has 1 aromatic heterocycles. The van der Waals surface area contributed by atoms with Gasteiger partial charge in [0.2, 0.25) is 0 Å². The van der Waals surface area contributed by atoms with Crippen molar-refractivity contribution in [3.8, 4) is 0 Å². The van der Waals surface area contributed by atoms with E-state index in [4.69, 9.17) is 15.2 Å². The molecule has 0 spiro atoms. The Balaban J connectivity index is 3.05. The molecule has 0 aliphatic heterocycles. The lowest BCUT2D eigenvalue weighted by molar-refractivity contribution is 0.0514. The number of hydrogen-bond donors (Lipinski definition) is 1. The van der Waals surface area contributed by atoms with Gasteiger partial charge < -0.3 is 15.2 Å². The lowest BCUT2D eigenvalue weighted by Gasteiger charge is -2.01. The van der Waals surface area contributed by atoms with Crippen LogP contribution < -0.4 is 5.73 Å². The van der Waals surface area contributed by atoms with E-state index in [-0.39, 0.29) is 12.3 Å². The summed E-state index contributed by atoms with van der Waals surface area (Å²) in [7, 11) is 3.19. The molecule has 0 aromatic carbocycles. The number of methoxy groups -OCH3 is 1. The van der Waals surface area contributed by atoms with E-state index in [1.165, 1.54) is 11.8 Å². The molecule has 0 atom stereocenters. The summed E-state index contributed by atoms with van der Waals surface area (Å²) in [5.41, 5.74) is 6.53. The highest BCUT2D eigenvalue weighted by Crippen LogP contribution is 2.17. The molecule has 0 aliphatic rings. The Morgan fingerprint density at radius 2 is 2.27 bits per heavy atom. The smallest absolute Gasteiger partial charge is 0.359 e. The van der Waals surface area contributed by atoms with Crippen molar-refractivity contribution >= 4 is 11.8 Å². The van der Waals surface area contributed by atoms with E-state index in [1.807, 2.05) is 0 Å². The van der Waals surface area contributed by atoms with Gasteiger partial charge in [-0.25, -0.2) is 4.79 Å². The highest BCUT2D eigenvalue weighted by atomic mass is 16.5. The van der Waals surface area contributed by atoms with Gasteiger partial charge in [-0.05, 0) is 6.92 Å². The minimum Gasteiger partial charge on any atom is -0.461 e. The van der Waals surface area contributed by atoms with E-state index in [1.54, 1.807) is 14.0 Å². The molecule has 1 heterocycles. The third-order valence-corrected chi connectivity index (χ3v) is 1.95. The molecule has 15 heavy (non-hydrogen) atoms. The number of nitrogen functional groups attached to an aromatic ring is 1. The summed E-state index contributed by atoms with van der Waals surface area (Å²) in [5.74, 6) is -0.0586. The average Bonchev–Trinajstić information content (AvgIpc) is 2.47. The highest BCUT2D eigenvalue weighted by Gasteiger charge is 2.20. The number of anilines is 1. The molecular formula is C9H15N3O3. The van der Waals surface area contributed by atoms with Gasteiger partial charge in [0.1, 0.15) is 5.82 Å². The summed E-state index contributed by atoms with van der Waals surface area (Å²) in [5, 5.41) is 3.98. The van der Waals surface area contributed by atoms with Gasteiger partial charge in [0, 0.05) is 14.2 Å². The molecule has 2 N–H and O–H groups in total. The van der Waals surface area contributed by atoms with Crippen molar-refractivity contribution in [1.82, 2.24) is 9.78 Å². The van der Waals surface area contributed by atoms with Gasteiger partial charge >= 0.3 is 5.97 Å². The Morgan fingerprint density at radius 1 is 1.60 bits per heavy atom. The lowest BCUT2D eigenvalue weighted by atomic mass is 10.2. The molecular weight excluding hydrogens is 198 g/mol. The van der Waals surface area contributed by atoms with Crippen LogP contribution in [-0.2, 0) is 23.1 Å². The number of esters is 1. The Labute approximate surface area is 88.0 Å². The third kappa shape index (κ3) is 2.27. The number of aromatic nitrogens is 2. The van der Waals surface area contributed by atoms with Crippen LogP contribution in [0.2, 0.25) is 0 Å². The monoisotopic (exact) mass is 213 g/mol. The molecule has 0 unspecified atom stereocenters. The number of carbonyl (C=O) groups excluding carboxylic acids is 1. The zero-order valence-corrected chi connectivity index (χ0v) is 9.11. The standard InChI is InChI=1S/C9H15N3O3/c1-4-15-9(13)7-6(5-14-3)8(10)12(2)11-7/h4-5,10H2,1-3H3. The number of nitrogens with zero attached hydrogens (tertiary/aromatic N) is 2. The van der Waals surface area contributed by atoms with Crippen LogP contribution in [0.1, 0.15) is 23.0 Å². The second kappa shape index (κ2) is 4.79. The number of rotatable bonds is 4. The van der Waals surface area contributed by atoms with Crippen LogP contribution >= 0.6 is 0 Å². The van der Waals surface area contributed by atoms with Crippen LogP contribution in [0, 0.1) is 0 Å². The van der Waals surface area contributed by atoms with E-state index in [9.17, 15) is 4.79 Å². The molecule has 0 amide bonds. The molecule has 6 nitrogen and oxygen atoms in total. The number of aryl methyl sites for hydroxylation is 1. The van der Waals surface area contributed by atoms with Crippen LogP contribution in [-0.4, -0.2) is 29.5 Å². The Bertz CT molecular complexity index is 360. The fourth-order valence-electron chi connectivity index (χ4n) is 1.23. The second-order valence-corrected chi connectivity index (χ2v) is 2.99. The maximum Gasteiger partial charge on any atom is 0.359 e. The molecule has 0 aliphatic carbocycles. The van der Waals surface area contributed by atoms with Gasteiger partial charge in [-0.15, -0.1) is 0 Å². The highest BCUT2D eigenvalue weighted by molar-refractivity contribution is 5.90. The van der Waals surface area contributed by atoms with E-state index in [0.29, 0.717) is 18.0 Å². The van der Waals surface area contributed by atoms with Crippen molar-refractivity contribution in [2.24, 2.45) is 7.05 Å². The van der Waals surface area contributed by atoms with Gasteiger partial charge in [0.15, 0.2) is 5.69 Å². The second-order valence-electron chi connectivity index (χ2n) is 2.99. The van der Waals surface area contributed by atoms with Gasteiger partial charge in [0.25, 0.3) is 0 Å². The zero-order chi connectivity index (χ0) is 11.4. The van der Waals surface area contributed by atoms with Crippen LogP contribution in [0.5, 0.6) is 0 Å². The van der Waals surface area contributed by atoms with E-state index >= 15 is 0 Å². The minimum absolute atomic E-state index is 0.221. The van der Waals surface area contributed by atoms with Crippen molar-refractivity contribution in [3.05, 3.63) is 11.3 Å². The summed E-state index contributed by atoms with van der Waals surface area (Å²) in [6.45, 7) is 2.29. The predicted molar refractivity (Wildman–Crippen MR) is 54.3 cm³/mol. The lowest BCUT2D eigenvalue weighted by Crippen LogP contribution is -2.09. The fraction of sp³-hybridized carbons (Fsp3) is 0.556. The maximum absolute atomic E-state index is 11.5. The molecule has 84 valence electrons. The quantitative estimate of drug-likeness (QED) is 0.729. The average molecular weight is 213 g/mol. The van der Waals surface area contributed by atoms with Gasteiger partial charge in [-0.3, -0.25) is 4.68 Å². The van der Waals surface area contributed by atoms with Crippen LogP contribution in [0.4, 0.5) is 5.82 Å². The summed E-state index contributed by atoms with van der Waals surface area (Å²) in [4.78, 5) is 11.5. The van der Waals surface area contributed by atoms with E-state index < -0.39 is 5.97 Å². The predicted octanol–water partition coefficient (Wildman–Crippen LogP) is 0.325. The van der Waals surface area contributed by atoms with Crippen molar-refractivity contribution in [3.63, 3.8) is 0 Å². The largest absolute Gasteiger partial charge is 0.461 e. The van der Waals surface area contributed by atoms with E-state index in [2.05, 4.69) is 5.10 Å². The molecule has 0 saturated carbocycles. The molecule has 0 fully saturated rings. The van der Waals surface area contributed by atoms with Crippen LogP contribution in [0.25, 0.3) is 0 Å². The minimum atomic E-state index is -0.475. The number of nitrogens with two attached hydrogens (primary N) is 1. The zero-order valence-electron chi connectivity index (χ0n) is 9.11. The van der Waals surface area contributed by atoms with E-state index in [0.717, 1.165) is 0 Å². The normalized spacial score (nSPS) is 10.3. The van der Waals surface area contributed by atoms with Gasteiger partial charge in [-0.2, -0.15) is 5.10 Å². The van der Waals surface area contributed by atoms with Crippen LogP contribution in [0.15, 0.2) is 0 Å². The first-order valence-electron chi connectivity index (χ1n) is 4.59. The maximum atomic E-state index is 11.5. The molecule has 0 radical (unpaired) electrons. The van der Waals surface area contributed by atoms with Crippen molar-refractivity contribution in [2.45, 2.75) is 13.5 Å². The van der Waals surface area contributed by atoms with Crippen molar-refractivity contribution in [2.75, 3.05) is 19.5 Å². The summed E-state index contributed by atoms with van der Waals surface area (Å²) in [6.07, 6.45) is 0. The SMILES string of the molecule is CCOC(=O)c1nn(C)c(N)c1COC. The number of ether oxygens (including phenoxy) is 2. The third-order valence-electron chi connectivity index (χ3n) is 1.95. The van der Waals surface area contributed by atoms with Crippen molar-refractivity contribution < 1.29 is 14.3 Å². The first-order chi connectivity index (χ1) is 7.11. The Morgan fingerprint density at radius 3 is 2.80 bits per heavy atom. The Hall–Kier alpha value is -1.56. The Kier molecular flexibility index (Phi) is 3.68. The van der Waals surface area contributed by atoms with Crippen molar-refractivity contribution in [1.29, 1.82) is 0 Å².